The van der Waals surface area contributed by atoms with Crippen LogP contribution < -0.4 is 5.32 Å². The number of nitrogens with zero attached hydrogens (tertiary/aromatic N) is 2. The second-order valence-corrected chi connectivity index (χ2v) is 7.54. The van der Waals surface area contributed by atoms with Crippen molar-refractivity contribution in [3.8, 4) is 6.07 Å². The van der Waals surface area contributed by atoms with E-state index in [1.54, 1.807) is 0 Å². The summed E-state index contributed by atoms with van der Waals surface area (Å²) in [6.45, 7) is 8.54. The number of nitriles is 1. The number of aryl methyl sites for hydroxylation is 1. The quantitative estimate of drug-likeness (QED) is 0.345. The third-order valence-corrected chi connectivity index (χ3v) is 5.15. The van der Waals surface area contributed by atoms with Gasteiger partial charge in [0.05, 0.1) is 6.04 Å². The van der Waals surface area contributed by atoms with E-state index in [0.717, 1.165) is 48.3 Å². The molecular formula is C25H31N3O3. The Balaban J connectivity index is 2.03. The SMILES string of the molecule is CCC[C@@H](NC(=O)COC(=O)/C(C#N)=C/c1cc(C)n(CCC)c1C)c1ccccc1. The van der Waals surface area contributed by atoms with Crippen LogP contribution in [0.4, 0.5) is 0 Å². The molecule has 6 heteroatoms. The Hall–Kier alpha value is -3.33. The van der Waals surface area contributed by atoms with Crippen LogP contribution in [0.2, 0.25) is 0 Å². The smallest absolute Gasteiger partial charge is 0.349 e. The van der Waals surface area contributed by atoms with Gasteiger partial charge in [0, 0.05) is 17.9 Å². The van der Waals surface area contributed by atoms with Gasteiger partial charge in [-0.3, -0.25) is 4.79 Å². The summed E-state index contributed by atoms with van der Waals surface area (Å²) >= 11 is 0. The topological polar surface area (TPSA) is 84.1 Å². The number of nitrogens with one attached hydrogen (secondary N) is 1. The number of hydrogen-bond acceptors (Lipinski definition) is 4. The Morgan fingerprint density at radius 2 is 1.90 bits per heavy atom. The van der Waals surface area contributed by atoms with Gasteiger partial charge in [-0.05, 0) is 50.0 Å². The lowest BCUT2D eigenvalue weighted by molar-refractivity contribution is -0.144. The van der Waals surface area contributed by atoms with Crippen molar-refractivity contribution < 1.29 is 14.3 Å². The van der Waals surface area contributed by atoms with Crippen LogP contribution in [0.5, 0.6) is 0 Å². The molecule has 0 fully saturated rings. The fourth-order valence-corrected chi connectivity index (χ4v) is 3.57. The number of carbonyl (C=O) groups excluding carboxylic acids is 2. The van der Waals surface area contributed by atoms with Crippen LogP contribution in [0.3, 0.4) is 0 Å². The minimum atomic E-state index is -0.801. The second-order valence-electron chi connectivity index (χ2n) is 7.54. The lowest BCUT2D eigenvalue weighted by Crippen LogP contribution is -2.32. The van der Waals surface area contributed by atoms with Crippen LogP contribution >= 0.6 is 0 Å². The van der Waals surface area contributed by atoms with Crippen molar-refractivity contribution in [3.63, 3.8) is 0 Å². The van der Waals surface area contributed by atoms with Gasteiger partial charge in [0.2, 0.25) is 0 Å². The van der Waals surface area contributed by atoms with Crippen LogP contribution in [-0.4, -0.2) is 23.1 Å². The van der Waals surface area contributed by atoms with E-state index in [1.165, 1.54) is 6.08 Å². The van der Waals surface area contributed by atoms with Crippen molar-refractivity contribution in [2.45, 2.75) is 59.5 Å². The van der Waals surface area contributed by atoms with E-state index in [-0.39, 0.29) is 11.6 Å². The van der Waals surface area contributed by atoms with E-state index in [0.29, 0.717) is 0 Å². The summed E-state index contributed by atoms with van der Waals surface area (Å²) < 4.78 is 7.27. The predicted molar refractivity (Wildman–Crippen MR) is 121 cm³/mol. The molecule has 0 unspecified atom stereocenters. The number of aromatic nitrogens is 1. The van der Waals surface area contributed by atoms with Gasteiger partial charge in [-0.1, -0.05) is 50.6 Å². The van der Waals surface area contributed by atoms with Gasteiger partial charge in [0.25, 0.3) is 5.91 Å². The maximum atomic E-state index is 12.4. The molecule has 0 saturated carbocycles. The molecule has 1 aromatic carbocycles. The first kappa shape index (κ1) is 23.9. The molecule has 6 nitrogen and oxygen atoms in total. The van der Waals surface area contributed by atoms with Gasteiger partial charge in [-0.2, -0.15) is 5.26 Å². The van der Waals surface area contributed by atoms with Crippen molar-refractivity contribution in [2.24, 2.45) is 0 Å². The number of ether oxygens (including phenoxy) is 1. The highest BCUT2D eigenvalue weighted by molar-refractivity contribution is 5.99. The van der Waals surface area contributed by atoms with Crippen molar-refractivity contribution in [1.82, 2.24) is 9.88 Å². The molecule has 1 N–H and O–H groups in total. The summed E-state index contributed by atoms with van der Waals surface area (Å²) in [6, 6.07) is 13.4. The Bertz CT molecular complexity index is 968. The second kappa shape index (κ2) is 11.8. The molecule has 2 rings (SSSR count). The van der Waals surface area contributed by atoms with E-state index in [9.17, 15) is 14.9 Å². The molecule has 0 aliphatic carbocycles. The fourth-order valence-electron chi connectivity index (χ4n) is 3.57. The zero-order chi connectivity index (χ0) is 22.8. The zero-order valence-electron chi connectivity index (χ0n) is 18.8. The molecule has 0 radical (unpaired) electrons. The van der Waals surface area contributed by atoms with Gasteiger partial charge < -0.3 is 14.6 Å². The van der Waals surface area contributed by atoms with Crippen LogP contribution in [0.25, 0.3) is 6.08 Å². The molecule has 0 spiro atoms. The first-order valence-electron chi connectivity index (χ1n) is 10.7. The van der Waals surface area contributed by atoms with E-state index < -0.39 is 18.5 Å². The van der Waals surface area contributed by atoms with Gasteiger partial charge in [-0.15, -0.1) is 0 Å². The Labute approximate surface area is 184 Å². The average Bonchev–Trinajstić information content (AvgIpc) is 3.03. The van der Waals surface area contributed by atoms with Crippen molar-refractivity contribution in [3.05, 3.63) is 64.5 Å². The standard InChI is InChI=1S/C25H31N3O3/c1-5-10-23(20-11-8-7-9-12-20)27-24(29)17-31-25(30)22(16-26)15-21-14-18(3)28(13-6-2)19(21)4/h7-9,11-12,14-15,23H,5-6,10,13,17H2,1-4H3,(H,27,29)/b22-15+/t23-/m1/s1. The highest BCUT2D eigenvalue weighted by Gasteiger charge is 2.18. The molecule has 1 aromatic heterocycles. The first-order valence-corrected chi connectivity index (χ1v) is 10.7. The van der Waals surface area contributed by atoms with Crippen LogP contribution in [0.15, 0.2) is 42.0 Å². The summed E-state index contributed by atoms with van der Waals surface area (Å²) in [5.74, 6) is -1.20. The fraction of sp³-hybridized carbons (Fsp3) is 0.400. The highest BCUT2D eigenvalue weighted by atomic mass is 16.5. The lowest BCUT2D eigenvalue weighted by Gasteiger charge is -2.18. The highest BCUT2D eigenvalue weighted by Crippen LogP contribution is 2.20. The minimum absolute atomic E-state index is 0.127. The Morgan fingerprint density at radius 3 is 2.52 bits per heavy atom. The molecule has 0 saturated heterocycles. The molecule has 0 bridgehead atoms. The summed E-state index contributed by atoms with van der Waals surface area (Å²) in [6.07, 6.45) is 4.19. The molecule has 164 valence electrons. The van der Waals surface area contributed by atoms with E-state index >= 15 is 0 Å². The van der Waals surface area contributed by atoms with Crippen LogP contribution in [0.1, 0.15) is 61.7 Å². The summed E-state index contributed by atoms with van der Waals surface area (Å²) in [7, 11) is 0. The number of amides is 1. The number of benzene rings is 1. The molecule has 1 atom stereocenters. The van der Waals surface area contributed by atoms with E-state index in [1.807, 2.05) is 63.2 Å². The Kier molecular flexibility index (Phi) is 9.08. The normalized spacial score (nSPS) is 12.2. The summed E-state index contributed by atoms with van der Waals surface area (Å²) in [5.41, 5.74) is 3.74. The molecule has 0 aliphatic rings. The van der Waals surface area contributed by atoms with E-state index in [2.05, 4.69) is 16.8 Å². The maximum absolute atomic E-state index is 12.4. The van der Waals surface area contributed by atoms with E-state index in [4.69, 9.17) is 4.74 Å². The zero-order valence-corrected chi connectivity index (χ0v) is 18.8. The van der Waals surface area contributed by atoms with Crippen molar-refractivity contribution >= 4 is 18.0 Å². The summed E-state index contributed by atoms with van der Waals surface area (Å²) in [5, 5.41) is 12.3. The average molecular weight is 422 g/mol. The molecule has 0 aliphatic heterocycles. The van der Waals surface area contributed by atoms with Gasteiger partial charge in [0.1, 0.15) is 11.6 Å². The number of hydrogen-bond donors (Lipinski definition) is 1. The lowest BCUT2D eigenvalue weighted by atomic mass is 10.0. The number of carbonyl (C=O) groups is 2. The van der Waals surface area contributed by atoms with Crippen LogP contribution in [0, 0.1) is 25.2 Å². The van der Waals surface area contributed by atoms with Gasteiger partial charge >= 0.3 is 5.97 Å². The third kappa shape index (κ3) is 6.58. The summed E-state index contributed by atoms with van der Waals surface area (Å²) in [4.78, 5) is 24.7. The van der Waals surface area contributed by atoms with Gasteiger partial charge in [-0.25, -0.2) is 4.79 Å². The number of esters is 1. The first-order chi connectivity index (χ1) is 14.9. The molecule has 1 amide bonds. The largest absolute Gasteiger partial charge is 0.451 e. The molecular weight excluding hydrogens is 390 g/mol. The predicted octanol–water partition coefficient (Wildman–Crippen LogP) is 4.62. The molecule has 31 heavy (non-hydrogen) atoms. The van der Waals surface area contributed by atoms with Crippen LogP contribution in [-0.2, 0) is 20.9 Å². The maximum Gasteiger partial charge on any atom is 0.349 e. The van der Waals surface area contributed by atoms with Gasteiger partial charge in [0.15, 0.2) is 6.61 Å². The number of rotatable bonds is 10. The van der Waals surface area contributed by atoms with Crippen molar-refractivity contribution in [1.29, 1.82) is 5.26 Å². The monoisotopic (exact) mass is 421 g/mol. The van der Waals surface area contributed by atoms with Crippen molar-refractivity contribution in [2.75, 3.05) is 6.61 Å². The molecule has 2 aromatic rings. The third-order valence-electron chi connectivity index (χ3n) is 5.15. The minimum Gasteiger partial charge on any atom is -0.451 e. The Morgan fingerprint density at radius 1 is 1.19 bits per heavy atom. The molecule has 1 heterocycles.